The second kappa shape index (κ2) is 10.8. The number of ketones is 1. The van der Waals surface area contributed by atoms with Gasteiger partial charge in [0, 0.05) is 6.42 Å². The number of carboxylic acids is 1. The molecule has 6 heteroatoms. The van der Waals surface area contributed by atoms with Gasteiger partial charge in [-0.05, 0) is 84.9 Å². The van der Waals surface area contributed by atoms with Crippen molar-refractivity contribution in [1.82, 2.24) is 0 Å². The average molecular weight is 485 g/mol. The number of allylic oxidation sites excluding steroid dienone is 1. The highest BCUT2D eigenvalue weighted by atomic mass is 28.4. The van der Waals surface area contributed by atoms with Crippen LogP contribution in [-0.2, 0) is 14.0 Å². The number of rotatable bonds is 9. The van der Waals surface area contributed by atoms with Gasteiger partial charge in [0.05, 0.1) is 12.5 Å². The standard InChI is InChI=1S/C28H37FO4Si/c1-18-13-19(2)24(25(14-18)21-9-12-26(29)20(3)15-21)11-10-22(30)16-23(17-27(31)32)33-34(7,8)28(4,5)6/h9-15,23H,16-17H2,1-8H3,(H,31,32)/t23-/m0/s1. The molecule has 0 saturated heterocycles. The van der Waals surface area contributed by atoms with Gasteiger partial charge in [0.25, 0.3) is 0 Å². The van der Waals surface area contributed by atoms with Gasteiger partial charge in [0.1, 0.15) is 5.82 Å². The maximum absolute atomic E-state index is 13.8. The van der Waals surface area contributed by atoms with E-state index in [0.717, 1.165) is 27.8 Å². The van der Waals surface area contributed by atoms with Crippen LogP contribution in [0.5, 0.6) is 0 Å². The fourth-order valence-corrected chi connectivity index (χ4v) is 5.02. The average Bonchev–Trinajstić information content (AvgIpc) is 2.67. The molecule has 0 aliphatic heterocycles. The van der Waals surface area contributed by atoms with Gasteiger partial charge in [0.2, 0.25) is 0 Å². The molecule has 0 aliphatic rings. The fourth-order valence-electron chi connectivity index (χ4n) is 3.66. The van der Waals surface area contributed by atoms with E-state index in [4.69, 9.17) is 4.43 Å². The molecule has 0 bridgehead atoms. The molecule has 2 aromatic carbocycles. The molecule has 2 aromatic rings. The Balaban J connectivity index is 2.33. The van der Waals surface area contributed by atoms with E-state index in [0.29, 0.717) is 5.56 Å². The zero-order valence-corrected chi connectivity index (χ0v) is 22.6. The molecule has 1 atom stereocenters. The molecule has 0 aromatic heterocycles. The molecule has 0 fully saturated rings. The van der Waals surface area contributed by atoms with Crippen molar-refractivity contribution in [2.45, 2.75) is 78.6 Å². The lowest BCUT2D eigenvalue weighted by Gasteiger charge is -2.38. The fraction of sp³-hybridized carbons (Fsp3) is 0.429. The minimum atomic E-state index is -2.24. The minimum Gasteiger partial charge on any atom is -0.481 e. The van der Waals surface area contributed by atoms with E-state index in [1.54, 1.807) is 25.1 Å². The quantitative estimate of drug-likeness (QED) is 0.301. The molecular weight excluding hydrogens is 447 g/mol. The van der Waals surface area contributed by atoms with Gasteiger partial charge in [-0.3, -0.25) is 9.59 Å². The summed E-state index contributed by atoms with van der Waals surface area (Å²) in [4.78, 5) is 24.3. The van der Waals surface area contributed by atoms with E-state index < -0.39 is 20.4 Å². The van der Waals surface area contributed by atoms with E-state index in [1.807, 2.05) is 26.0 Å². The first kappa shape index (κ1) is 27.7. The summed E-state index contributed by atoms with van der Waals surface area (Å²) >= 11 is 0. The summed E-state index contributed by atoms with van der Waals surface area (Å²) in [6.45, 7) is 16.0. The van der Waals surface area contributed by atoms with Crippen LogP contribution in [0, 0.1) is 26.6 Å². The third-order valence-electron chi connectivity index (χ3n) is 6.53. The first-order valence-corrected chi connectivity index (χ1v) is 14.5. The molecule has 4 nitrogen and oxygen atoms in total. The van der Waals surface area contributed by atoms with Crippen molar-refractivity contribution < 1.29 is 23.5 Å². The van der Waals surface area contributed by atoms with Crippen molar-refractivity contribution in [1.29, 1.82) is 0 Å². The third kappa shape index (κ3) is 7.21. The molecule has 2 rings (SSSR count). The van der Waals surface area contributed by atoms with Gasteiger partial charge >= 0.3 is 5.97 Å². The molecule has 0 spiro atoms. The number of carbonyl (C=O) groups excluding carboxylic acids is 1. The second-order valence-electron chi connectivity index (χ2n) is 10.6. The maximum Gasteiger partial charge on any atom is 0.305 e. The second-order valence-corrected chi connectivity index (χ2v) is 15.4. The lowest BCUT2D eigenvalue weighted by molar-refractivity contribution is -0.139. The Bertz CT molecular complexity index is 1100. The van der Waals surface area contributed by atoms with Gasteiger partial charge in [-0.25, -0.2) is 4.39 Å². The Kier molecular flexibility index (Phi) is 8.78. The van der Waals surface area contributed by atoms with Gasteiger partial charge in [-0.2, -0.15) is 0 Å². The number of hydrogen-bond donors (Lipinski definition) is 1. The summed E-state index contributed by atoms with van der Waals surface area (Å²) in [7, 11) is -2.24. The summed E-state index contributed by atoms with van der Waals surface area (Å²) in [5.74, 6) is -1.43. The zero-order chi connectivity index (χ0) is 25.8. The molecule has 0 saturated carbocycles. The third-order valence-corrected chi connectivity index (χ3v) is 11.1. The van der Waals surface area contributed by atoms with Crippen molar-refractivity contribution in [3.05, 3.63) is 64.5 Å². The normalized spacial score (nSPS) is 13.3. The number of carboxylic acid groups (broad SMARTS) is 1. The van der Waals surface area contributed by atoms with Crippen molar-refractivity contribution in [2.24, 2.45) is 0 Å². The van der Waals surface area contributed by atoms with Crippen LogP contribution in [0.2, 0.25) is 18.1 Å². The number of halogens is 1. The molecule has 0 unspecified atom stereocenters. The van der Waals surface area contributed by atoms with E-state index in [1.165, 1.54) is 12.1 Å². The summed E-state index contributed by atoms with van der Waals surface area (Å²) < 4.78 is 20.1. The van der Waals surface area contributed by atoms with Crippen LogP contribution in [-0.4, -0.2) is 31.3 Å². The van der Waals surface area contributed by atoms with Crippen LogP contribution < -0.4 is 0 Å². The zero-order valence-electron chi connectivity index (χ0n) is 21.6. The molecule has 34 heavy (non-hydrogen) atoms. The SMILES string of the molecule is Cc1cc(C)c(C=CC(=O)C[C@@H](CC(=O)O)O[Si](C)(C)C(C)(C)C)c(-c2ccc(F)c(C)c2)c1. The van der Waals surface area contributed by atoms with E-state index in [9.17, 15) is 19.1 Å². The Morgan fingerprint density at radius 1 is 1.06 bits per heavy atom. The molecule has 0 amide bonds. The van der Waals surface area contributed by atoms with Crippen LogP contribution in [0.15, 0.2) is 36.4 Å². The van der Waals surface area contributed by atoms with Crippen LogP contribution in [0.1, 0.15) is 55.9 Å². The summed E-state index contributed by atoms with van der Waals surface area (Å²) in [6, 6.07) is 9.06. The number of carbonyl (C=O) groups is 2. The Morgan fingerprint density at radius 3 is 2.26 bits per heavy atom. The maximum atomic E-state index is 13.8. The van der Waals surface area contributed by atoms with Crippen molar-refractivity contribution in [2.75, 3.05) is 0 Å². The largest absolute Gasteiger partial charge is 0.481 e. The van der Waals surface area contributed by atoms with E-state index in [-0.39, 0.29) is 29.5 Å². The molecule has 0 aliphatic carbocycles. The van der Waals surface area contributed by atoms with Crippen molar-refractivity contribution in [3.63, 3.8) is 0 Å². The highest BCUT2D eigenvalue weighted by molar-refractivity contribution is 6.74. The monoisotopic (exact) mass is 484 g/mol. The smallest absolute Gasteiger partial charge is 0.305 e. The highest BCUT2D eigenvalue weighted by Crippen LogP contribution is 2.38. The Labute approximate surface area is 204 Å². The number of aliphatic carboxylic acids is 1. The Hall–Kier alpha value is -2.57. The summed E-state index contributed by atoms with van der Waals surface area (Å²) in [5.41, 5.74) is 5.31. The van der Waals surface area contributed by atoms with Crippen molar-refractivity contribution in [3.8, 4) is 11.1 Å². The highest BCUT2D eigenvalue weighted by Gasteiger charge is 2.39. The van der Waals surface area contributed by atoms with Gasteiger partial charge in [-0.1, -0.05) is 50.6 Å². The number of hydrogen-bond acceptors (Lipinski definition) is 3. The first-order valence-electron chi connectivity index (χ1n) is 11.6. The lowest BCUT2D eigenvalue weighted by Crippen LogP contribution is -2.44. The van der Waals surface area contributed by atoms with Gasteiger partial charge in [-0.15, -0.1) is 0 Å². The van der Waals surface area contributed by atoms with Gasteiger partial charge in [0.15, 0.2) is 14.1 Å². The predicted molar refractivity (Wildman–Crippen MR) is 139 cm³/mol. The summed E-state index contributed by atoms with van der Waals surface area (Å²) in [6.07, 6.45) is 2.39. The van der Waals surface area contributed by atoms with E-state index >= 15 is 0 Å². The predicted octanol–water partition coefficient (Wildman–Crippen LogP) is 7.26. The molecule has 184 valence electrons. The van der Waals surface area contributed by atoms with Crippen LogP contribution >= 0.6 is 0 Å². The number of benzene rings is 2. The molecule has 1 N–H and O–H groups in total. The first-order chi connectivity index (χ1) is 15.6. The van der Waals surface area contributed by atoms with Crippen LogP contribution in [0.4, 0.5) is 4.39 Å². The van der Waals surface area contributed by atoms with Crippen LogP contribution in [0.3, 0.4) is 0 Å². The minimum absolute atomic E-state index is 0.00517. The molecule has 0 radical (unpaired) electrons. The van der Waals surface area contributed by atoms with Gasteiger partial charge < -0.3 is 9.53 Å². The topological polar surface area (TPSA) is 63.6 Å². The molecular formula is C28H37FO4Si. The Morgan fingerprint density at radius 2 is 1.71 bits per heavy atom. The number of aryl methyl sites for hydroxylation is 3. The summed E-state index contributed by atoms with van der Waals surface area (Å²) in [5, 5.41) is 9.26. The van der Waals surface area contributed by atoms with Crippen molar-refractivity contribution >= 4 is 26.1 Å². The molecule has 0 heterocycles. The van der Waals surface area contributed by atoms with E-state index in [2.05, 4.69) is 33.9 Å². The van der Waals surface area contributed by atoms with Crippen LogP contribution in [0.25, 0.3) is 17.2 Å². The lowest BCUT2D eigenvalue weighted by atomic mass is 9.92.